The number of hydrogen-bond acceptors (Lipinski definition) is 4. The molecule has 7 heteroatoms. The molecule has 3 aliphatic heterocycles. The van der Waals surface area contributed by atoms with Crippen molar-refractivity contribution in [3.05, 3.63) is 29.3 Å². The summed E-state index contributed by atoms with van der Waals surface area (Å²) in [6.45, 7) is 8.42. The molecule has 30 heavy (non-hydrogen) atoms. The molecule has 3 aliphatic rings. The molecule has 1 atom stereocenters. The first-order chi connectivity index (χ1) is 14.1. The van der Waals surface area contributed by atoms with Gasteiger partial charge in [-0.05, 0) is 38.7 Å². The second-order valence-corrected chi connectivity index (χ2v) is 8.97. The minimum atomic E-state index is -0.0145. The van der Waals surface area contributed by atoms with Gasteiger partial charge in [0.05, 0.1) is 13.7 Å². The first-order valence-electron chi connectivity index (χ1n) is 10.9. The van der Waals surface area contributed by atoms with Gasteiger partial charge in [0.15, 0.2) is 5.96 Å². The summed E-state index contributed by atoms with van der Waals surface area (Å²) in [5.74, 6) is 1.98. The van der Waals surface area contributed by atoms with Crippen molar-refractivity contribution in [1.29, 1.82) is 0 Å². The largest absolute Gasteiger partial charge is 0.496 e. The van der Waals surface area contributed by atoms with Gasteiger partial charge in [-0.3, -0.25) is 4.99 Å². The van der Waals surface area contributed by atoms with E-state index in [1.54, 1.807) is 7.11 Å². The van der Waals surface area contributed by atoms with Crippen LogP contribution in [0.5, 0.6) is 5.75 Å². The van der Waals surface area contributed by atoms with E-state index in [4.69, 9.17) is 14.2 Å². The molecule has 4 rings (SSSR count). The molecule has 0 bridgehead atoms. The average molecular weight is 529 g/mol. The zero-order valence-electron chi connectivity index (χ0n) is 18.5. The van der Waals surface area contributed by atoms with Crippen molar-refractivity contribution in [2.45, 2.75) is 38.0 Å². The minimum absolute atomic E-state index is 0. The lowest BCUT2D eigenvalue weighted by molar-refractivity contribution is 0.0503. The van der Waals surface area contributed by atoms with Crippen molar-refractivity contribution < 1.29 is 14.2 Å². The van der Waals surface area contributed by atoms with E-state index in [9.17, 15) is 0 Å². The Balaban J connectivity index is 0.00000256. The second kappa shape index (κ2) is 10.0. The maximum absolute atomic E-state index is 5.75. The van der Waals surface area contributed by atoms with Crippen LogP contribution < -0.4 is 10.1 Å². The number of hydrogen-bond donors (Lipinski definition) is 1. The van der Waals surface area contributed by atoms with Gasteiger partial charge < -0.3 is 24.4 Å². The van der Waals surface area contributed by atoms with E-state index in [1.165, 1.54) is 24.0 Å². The van der Waals surface area contributed by atoms with Crippen LogP contribution in [-0.4, -0.2) is 71.1 Å². The Labute approximate surface area is 197 Å². The molecule has 1 unspecified atom stereocenters. The lowest BCUT2D eigenvalue weighted by Crippen LogP contribution is -2.49. The Bertz CT molecular complexity index is 743. The number of likely N-dealkylation sites (tertiary alicyclic amines) is 1. The molecule has 0 radical (unpaired) electrons. The first kappa shape index (κ1) is 23.6. The van der Waals surface area contributed by atoms with Crippen molar-refractivity contribution in [3.8, 4) is 5.75 Å². The number of ether oxygens (including phenoxy) is 3. The van der Waals surface area contributed by atoms with Gasteiger partial charge in [0.1, 0.15) is 5.75 Å². The number of nitrogens with one attached hydrogen (secondary N) is 1. The van der Waals surface area contributed by atoms with E-state index in [0.717, 1.165) is 70.6 Å². The number of halogens is 1. The summed E-state index contributed by atoms with van der Waals surface area (Å²) < 4.78 is 17.2. The van der Waals surface area contributed by atoms with Gasteiger partial charge >= 0.3 is 0 Å². The van der Waals surface area contributed by atoms with Gasteiger partial charge in [-0.2, -0.15) is 0 Å². The molecule has 1 spiro atoms. The topological polar surface area (TPSA) is 55.3 Å². The fourth-order valence-electron chi connectivity index (χ4n) is 5.21. The van der Waals surface area contributed by atoms with E-state index in [0.29, 0.717) is 5.41 Å². The van der Waals surface area contributed by atoms with Crippen LogP contribution in [0.15, 0.2) is 23.2 Å². The maximum atomic E-state index is 5.75. The van der Waals surface area contributed by atoms with Crippen molar-refractivity contribution in [2.24, 2.45) is 10.4 Å². The van der Waals surface area contributed by atoms with E-state index in [1.807, 2.05) is 7.05 Å². The Morgan fingerprint density at radius 2 is 1.93 bits per heavy atom. The molecule has 3 saturated heterocycles. The molecule has 3 fully saturated rings. The standard InChI is InChI=1S/C23H35N3O3.HI/c1-18-4-5-20(27-3)19(14-18)23(8-12-28-13-9-23)15-25-21(24-2)26-10-6-22(16-26)7-11-29-17-22;/h4-5,14H,6-13,15-17H2,1-3H3,(H,24,25);1H. The van der Waals surface area contributed by atoms with Crippen LogP contribution in [0.1, 0.15) is 36.8 Å². The van der Waals surface area contributed by atoms with Crippen LogP contribution in [0.25, 0.3) is 0 Å². The van der Waals surface area contributed by atoms with Crippen LogP contribution in [0.4, 0.5) is 0 Å². The molecule has 1 N–H and O–H groups in total. The predicted molar refractivity (Wildman–Crippen MR) is 130 cm³/mol. The van der Waals surface area contributed by atoms with Crippen LogP contribution in [-0.2, 0) is 14.9 Å². The van der Waals surface area contributed by atoms with Gasteiger partial charge in [-0.15, -0.1) is 24.0 Å². The molecule has 1 aromatic rings. The van der Waals surface area contributed by atoms with Crippen LogP contribution in [0.2, 0.25) is 0 Å². The lowest BCUT2D eigenvalue weighted by Gasteiger charge is -2.39. The molecule has 0 aromatic heterocycles. The fourth-order valence-corrected chi connectivity index (χ4v) is 5.21. The quantitative estimate of drug-likeness (QED) is 0.369. The summed E-state index contributed by atoms with van der Waals surface area (Å²) in [5.41, 5.74) is 2.86. The highest BCUT2D eigenvalue weighted by Crippen LogP contribution is 2.41. The number of guanidine groups is 1. The maximum Gasteiger partial charge on any atom is 0.193 e. The highest BCUT2D eigenvalue weighted by Gasteiger charge is 2.43. The second-order valence-electron chi connectivity index (χ2n) is 8.97. The summed E-state index contributed by atoms with van der Waals surface area (Å²) >= 11 is 0. The van der Waals surface area contributed by atoms with E-state index in [2.05, 4.69) is 40.3 Å². The Kier molecular flexibility index (Phi) is 7.90. The summed E-state index contributed by atoms with van der Waals surface area (Å²) in [6, 6.07) is 6.51. The highest BCUT2D eigenvalue weighted by molar-refractivity contribution is 14.0. The summed E-state index contributed by atoms with van der Waals surface area (Å²) in [6.07, 6.45) is 4.32. The third-order valence-electron chi connectivity index (χ3n) is 7.10. The number of aryl methyl sites for hydroxylation is 1. The number of aliphatic imine (C=N–C) groups is 1. The average Bonchev–Trinajstić information content (AvgIpc) is 3.39. The zero-order chi connectivity index (χ0) is 20.3. The van der Waals surface area contributed by atoms with Crippen LogP contribution >= 0.6 is 24.0 Å². The zero-order valence-corrected chi connectivity index (χ0v) is 20.9. The molecule has 3 heterocycles. The first-order valence-corrected chi connectivity index (χ1v) is 10.9. The van der Waals surface area contributed by atoms with E-state index < -0.39 is 0 Å². The molecular weight excluding hydrogens is 493 g/mol. The van der Waals surface area contributed by atoms with E-state index >= 15 is 0 Å². The van der Waals surface area contributed by atoms with E-state index in [-0.39, 0.29) is 29.4 Å². The van der Waals surface area contributed by atoms with Gasteiger partial charge in [-0.25, -0.2) is 0 Å². The molecule has 6 nitrogen and oxygen atoms in total. The molecule has 1 aromatic carbocycles. The van der Waals surface area contributed by atoms with Gasteiger partial charge in [0.2, 0.25) is 0 Å². The molecule has 168 valence electrons. The number of nitrogens with zero attached hydrogens (tertiary/aromatic N) is 2. The predicted octanol–water partition coefficient (Wildman–Crippen LogP) is 3.36. The minimum Gasteiger partial charge on any atom is -0.496 e. The molecule has 0 amide bonds. The van der Waals surface area contributed by atoms with Crippen LogP contribution in [0, 0.1) is 12.3 Å². The summed E-state index contributed by atoms with van der Waals surface area (Å²) in [7, 11) is 3.66. The Hall–Kier alpha value is -1.06. The van der Waals surface area contributed by atoms with Gasteiger partial charge in [0, 0.05) is 62.9 Å². The van der Waals surface area contributed by atoms with Gasteiger partial charge in [0.25, 0.3) is 0 Å². The summed E-state index contributed by atoms with van der Waals surface area (Å²) in [4.78, 5) is 7.03. The third-order valence-corrected chi connectivity index (χ3v) is 7.10. The Morgan fingerprint density at radius 1 is 1.17 bits per heavy atom. The number of benzene rings is 1. The number of methoxy groups -OCH3 is 1. The van der Waals surface area contributed by atoms with Crippen molar-refractivity contribution in [1.82, 2.24) is 10.2 Å². The number of rotatable bonds is 4. The SMILES string of the molecule is CN=C(NCC1(c2cc(C)ccc2OC)CCOCC1)N1CCC2(CCOC2)C1.I. The lowest BCUT2D eigenvalue weighted by atomic mass is 9.73. The van der Waals surface area contributed by atoms with Crippen molar-refractivity contribution in [2.75, 3.05) is 60.2 Å². The van der Waals surface area contributed by atoms with Crippen molar-refractivity contribution in [3.63, 3.8) is 0 Å². The smallest absolute Gasteiger partial charge is 0.193 e. The normalized spacial score (nSPS) is 26.0. The van der Waals surface area contributed by atoms with Crippen LogP contribution in [0.3, 0.4) is 0 Å². The third kappa shape index (κ3) is 4.72. The fraction of sp³-hybridized carbons (Fsp3) is 0.696. The molecule has 0 saturated carbocycles. The van der Waals surface area contributed by atoms with Crippen molar-refractivity contribution >= 4 is 29.9 Å². The summed E-state index contributed by atoms with van der Waals surface area (Å²) in [5, 5.41) is 3.72. The molecular formula is C23H36IN3O3. The van der Waals surface area contributed by atoms with Gasteiger partial charge in [-0.1, -0.05) is 17.7 Å². The Morgan fingerprint density at radius 3 is 2.60 bits per heavy atom. The molecule has 0 aliphatic carbocycles. The highest BCUT2D eigenvalue weighted by atomic mass is 127. The monoisotopic (exact) mass is 529 g/mol.